The van der Waals surface area contributed by atoms with Crippen LogP contribution in [0.2, 0.25) is 6.32 Å². The van der Waals surface area contributed by atoms with Gasteiger partial charge in [-0.2, -0.15) is 0 Å². The summed E-state index contributed by atoms with van der Waals surface area (Å²) in [4.78, 5) is 26.9. The highest BCUT2D eigenvalue weighted by Gasteiger charge is 2.56. The van der Waals surface area contributed by atoms with E-state index in [1.165, 1.54) is 17.5 Å². The lowest BCUT2D eigenvalue weighted by atomic mass is 9.58. The number of aromatic hydroxyl groups is 1. The first-order chi connectivity index (χ1) is 17.8. The molecule has 0 spiro atoms. The molecule has 0 unspecified atom stereocenters. The van der Waals surface area contributed by atoms with Gasteiger partial charge in [-0.15, -0.1) is 0 Å². The average Bonchev–Trinajstić information content (AvgIpc) is 3.12. The van der Waals surface area contributed by atoms with Crippen LogP contribution in [0, 0.1) is 17.8 Å². The third-order valence-electron chi connectivity index (χ3n) is 8.31. The van der Waals surface area contributed by atoms with Gasteiger partial charge in [0.1, 0.15) is 5.75 Å². The minimum atomic E-state index is -1.02. The van der Waals surface area contributed by atoms with Crippen LogP contribution in [0.25, 0.3) is 16.8 Å². The Balaban J connectivity index is 1.44. The monoisotopic (exact) mass is 503 g/mol. The lowest BCUT2D eigenvalue weighted by Crippen LogP contribution is -2.46. The molecule has 0 saturated carbocycles. The van der Waals surface area contributed by atoms with E-state index in [0.717, 1.165) is 46.7 Å². The maximum Gasteiger partial charge on any atom is 0.455 e. The summed E-state index contributed by atoms with van der Waals surface area (Å²) in [5.41, 5.74) is 3.93. The fraction of sp³-hybridized carbons (Fsp3) is 0.448. The van der Waals surface area contributed by atoms with Crippen molar-refractivity contribution >= 4 is 35.8 Å². The number of nitrogens with zero attached hydrogens (tertiary/aromatic N) is 1. The molecule has 2 aromatic carbocycles. The zero-order valence-corrected chi connectivity index (χ0v) is 21.4. The molecule has 2 aliphatic heterocycles. The summed E-state index contributed by atoms with van der Waals surface area (Å²) in [7, 11) is 0.495. The zero-order valence-electron chi connectivity index (χ0n) is 21.4. The highest BCUT2D eigenvalue weighted by atomic mass is 16.5. The molecule has 4 atom stereocenters. The van der Waals surface area contributed by atoms with Crippen molar-refractivity contribution in [3.05, 3.63) is 58.7 Å². The predicted molar refractivity (Wildman–Crippen MR) is 142 cm³/mol. The molecule has 2 aromatic rings. The molecule has 194 valence electrons. The lowest BCUT2D eigenvalue weighted by Gasteiger charge is -2.43. The number of amides is 2. The smallest absolute Gasteiger partial charge is 0.455 e. The number of phenols is 1. The molecule has 2 fully saturated rings. The van der Waals surface area contributed by atoms with Crippen molar-refractivity contribution in [2.24, 2.45) is 17.8 Å². The first-order valence-corrected chi connectivity index (χ1v) is 13.2. The normalized spacial score (nSPS) is 26.2. The Morgan fingerprint density at radius 1 is 1.11 bits per heavy atom. The highest BCUT2D eigenvalue weighted by molar-refractivity contribution is 6.43. The lowest BCUT2D eigenvalue weighted by molar-refractivity contribution is -0.138. The molecule has 8 heteroatoms. The van der Waals surface area contributed by atoms with E-state index in [1.54, 1.807) is 6.07 Å². The quantitative estimate of drug-likeness (QED) is 0.300. The Labute approximate surface area is 217 Å². The van der Waals surface area contributed by atoms with Gasteiger partial charge in [-0.1, -0.05) is 55.3 Å². The summed E-state index contributed by atoms with van der Waals surface area (Å²) >= 11 is 0. The third kappa shape index (κ3) is 4.62. The van der Waals surface area contributed by atoms with Crippen LogP contribution in [0.15, 0.2) is 53.1 Å². The molecule has 37 heavy (non-hydrogen) atoms. The number of carbonyl (C=O) groups excluding carboxylic acids is 2. The minimum Gasteiger partial charge on any atom is -0.507 e. The van der Waals surface area contributed by atoms with Gasteiger partial charge in [0.15, 0.2) is 0 Å². The molecule has 5 rings (SSSR count). The van der Waals surface area contributed by atoms with Crippen molar-refractivity contribution in [3.63, 3.8) is 0 Å². The number of likely N-dealkylation sites (tertiary alicyclic amines) is 1. The number of phenolic OH excluding ortho intramolecular Hbond substituents is 1. The fourth-order valence-corrected chi connectivity index (χ4v) is 6.63. The molecule has 1 aliphatic carbocycles. The van der Waals surface area contributed by atoms with Gasteiger partial charge in [-0.25, -0.2) is 0 Å². The van der Waals surface area contributed by atoms with Crippen molar-refractivity contribution in [1.29, 1.82) is 0 Å². The number of benzene rings is 2. The van der Waals surface area contributed by atoms with E-state index in [9.17, 15) is 24.8 Å². The van der Waals surface area contributed by atoms with Gasteiger partial charge in [0, 0.05) is 12.4 Å². The van der Waals surface area contributed by atoms with Crippen LogP contribution >= 0.6 is 0 Å². The summed E-state index contributed by atoms with van der Waals surface area (Å²) in [6.45, 7) is 1.94. The molecule has 2 heterocycles. The summed E-state index contributed by atoms with van der Waals surface area (Å²) in [5.74, 6) is -1.43. The Morgan fingerprint density at radius 2 is 1.86 bits per heavy atom. The second kappa shape index (κ2) is 10.4. The Kier molecular flexibility index (Phi) is 7.25. The number of carbonyl (C=O) groups is 2. The number of rotatable bonds is 7. The largest absolute Gasteiger partial charge is 0.507 e. The van der Waals surface area contributed by atoms with Crippen molar-refractivity contribution in [2.75, 3.05) is 13.7 Å². The maximum atomic E-state index is 13.0. The standard InChI is InChI=1S/C29H34BNO6/c1-3-6-17(13-18-10-11-24(33)21-8-5-4-7-20(18)21)9-12-25-26-19(16-32)14-22-27(23(26)15-30(36)37-25)29(35)31(2)28(22)34/h4-5,7-8,10-11,13,22-23,25,27,32-33,36H,3,6,9,12,14-16H2,1-2H3/b17-13+/t22-,23+,25-,27-/m1/s1. The van der Waals surface area contributed by atoms with Crippen molar-refractivity contribution in [1.82, 2.24) is 4.90 Å². The van der Waals surface area contributed by atoms with E-state index in [0.29, 0.717) is 12.8 Å². The van der Waals surface area contributed by atoms with Crippen LogP contribution in [0.3, 0.4) is 0 Å². The molecule has 3 N–H and O–H groups in total. The number of aliphatic hydroxyl groups excluding tert-OH is 1. The number of hydrogen-bond donors (Lipinski definition) is 3. The number of imide groups is 1. The van der Waals surface area contributed by atoms with Crippen LogP contribution < -0.4 is 0 Å². The number of fused-ring (bicyclic) bond motifs is 4. The first-order valence-electron chi connectivity index (χ1n) is 13.2. The molecule has 0 aromatic heterocycles. The van der Waals surface area contributed by atoms with Crippen molar-refractivity contribution < 1.29 is 29.5 Å². The van der Waals surface area contributed by atoms with E-state index < -0.39 is 25.1 Å². The van der Waals surface area contributed by atoms with Crippen molar-refractivity contribution in [3.8, 4) is 5.75 Å². The van der Waals surface area contributed by atoms with Crippen LogP contribution in [0.1, 0.15) is 44.6 Å². The second-order valence-electron chi connectivity index (χ2n) is 10.5. The van der Waals surface area contributed by atoms with Gasteiger partial charge in [0.25, 0.3) is 0 Å². The van der Waals surface area contributed by atoms with Gasteiger partial charge >= 0.3 is 7.12 Å². The molecular formula is C29H34BNO6. The summed E-state index contributed by atoms with van der Waals surface area (Å²) in [5, 5.41) is 32.9. The second-order valence-corrected chi connectivity index (χ2v) is 10.5. The SMILES string of the molecule is CCC/C(=C\c1ccc(O)c2ccccc12)CC[C@H]1OB(O)C[C@H]2C1=C(CO)C[C@H]1C(=O)N(C)C(=O)[C@H]12. The van der Waals surface area contributed by atoms with Gasteiger partial charge in [0.2, 0.25) is 11.8 Å². The number of hydrogen-bond acceptors (Lipinski definition) is 6. The van der Waals surface area contributed by atoms with Crippen molar-refractivity contribution in [2.45, 2.75) is 51.5 Å². The first kappa shape index (κ1) is 25.7. The topological polar surface area (TPSA) is 107 Å². The molecule has 2 saturated heterocycles. The minimum absolute atomic E-state index is 0.187. The molecule has 2 amide bonds. The summed E-state index contributed by atoms with van der Waals surface area (Å²) < 4.78 is 6.01. The van der Waals surface area contributed by atoms with Gasteiger partial charge in [0.05, 0.1) is 24.5 Å². The van der Waals surface area contributed by atoms with E-state index in [4.69, 9.17) is 4.65 Å². The van der Waals surface area contributed by atoms with Gasteiger partial charge < -0.3 is 19.9 Å². The average molecular weight is 503 g/mol. The molecule has 7 nitrogen and oxygen atoms in total. The summed E-state index contributed by atoms with van der Waals surface area (Å²) in [6.07, 6.45) is 5.53. The van der Waals surface area contributed by atoms with E-state index in [-0.39, 0.29) is 36.4 Å². The van der Waals surface area contributed by atoms with Gasteiger partial charge in [-0.3, -0.25) is 14.5 Å². The maximum absolute atomic E-state index is 13.0. The highest BCUT2D eigenvalue weighted by Crippen LogP contribution is 2.50. The van der Waals surface area contributed by atoms with E-state index >= 15 is 0 Å². The molecule has 0 bridgehead atoms. The van der Waals surface area contributed by atoms with Crippen LogP contribution in [-0.2, 0) is 14.2 Å². The van der Waals surface area contributed by atoms with Crippen LogP contribution in [0.5, 0.6) is 5.75 Å². The third-order valence-corrected chi connectivity index (χ3v) is 8.31. The Bertz CT molecular complexity index is 1290. The van der Waals surface area contributed by atoms with Gasteiger partial charge in [-0.05, 0) is 66.1 Å². The van der Waals surface area contributed by atoms with Crippen LogP contribution in [0.4, 0.5) is 0 Å². The predicted octanol–water partition coefficient (Wildman–Crippen LogP) is 3.93. The summed E-state index contributed by atoms with van der Waals surface area (Å²) in [6, 6.07) is 11.4. The number of aliphatic hydroxyl groups is 1. The Morgan fingerprint density at radius 3 is 2.59 bits per heavy atom. The van der Waals surface area contributed by atoms with E-state index in [1.807, 2.05) is 30.3 Å². The molecular weight excluding hydrogens is 469 g/mol. The molecule has 3 aliphatic rings. The Hall–Kier alpha value is -2.94. The van der Waals surface area contributed by atoms with E-state index in [2.05, 4.69) is 13.0 Å². The zero-order chi connectivity index (χ0) is 26.3. The fourth-order valence-electron chi connectivity index (χ4n) is 6.63. The molecule has 0 radical (unpaired) electrons. The number of allylic oxidation sites excluding steroid dienone is 1. The van der Waals surface area contributed by atoms with Crippen LogP contribution in [-0.4, -0.2) is 58.8 Å².